The number of amides is 1. The van der Waals surface area contributed by atoms with E-state index in [2.05, 4.69) is 5.32 Å². The minimum atomic E-state index is -0.129. The Bertz CT molecular complexity index is 637. The Morgan fingerprint density at radius 3 is 2.30 bits per heavy atom. The van der Waals surface area contributed by atoms with Gasteiger partial charge in [-0.05, 0) is 60.7 Å². The maximum absolute atomic E-state index is 12.1. The van der Waals surface area contributed by atoms with Gasteiger partial charge in [0.1, 0.15) is 5.75 Å². The highest BCUT2D eigenvalue weighted by atomic mass is 35.5. The molecular weight excluding hydrogens is 312 g/mol. The maximum atomic E-state index is 12.1. The number of halogens is 1. The van der Waals surface area contributed by atoms with Crippen molar-refractivity contribution >= 4 is 24.0 Å². The smallest absolute Gasteiger partial charge is 0.255 e. The summed E-state index contributed by atoms with van der Waals surface area (Å²) in [5.74, 6) is 1.45. The number of rotatable bonds is 6. The first-order valence-corrected chi connectivity index (χ1v) is 7.58. The number of nitrogens with two attached hydrogens (primary N) is 1. The van der Waals surface area contributed by atoms with E-state index in [0.29, 0.717) is 12.1 Å². The standard InChI is InChI=1S/C18H20N2O2.ClH/c19-11-13-3-5-15(6-4-13)18(21)20-16-7-9-17(10-8-16)22-12-14-1-2-14;/h3-10,14H,1-2,11-12,19H2,(H,20,21);1H. The van der Waals surface area contributed by atoms with Crippen molar-refractivity contribution in [1.29, 1.82) is 0 Å². The fourth-order valence-electron chi connectivity index (χ4n) is 2.13. The molecule has 1 saturated carbocycles. The number of hydrogen-bond acceptors (Lipinski definition) is 3. The Hall–Kier alpha value is -2.04. The number of ether oxygens (including phenoxy) is 1. The first-order chi connectivity index (χ1) is 10.7. The van der Waals surface area contributed by atoms with Crippen LogP contribution in [-0.4, -0.2) is 12.5 Å². The van der Waals surface area contributed by atoms with Crippen LogP contribution in [0.4, 0.5) is 5.69 Å². The van der Waals surface area contributed by atoms with Crippen molar-refractivity contribution < 1.29 is 9.53 Å². The normalized spacial score (nSPS) is 13.1. The second-order valence-electron chi connectivity index (χ2n) is 5.63. The molecule has 0 radical (unpaired) electrons. The second-order valence-corrected chi connectivity index (χ2v) is 5.63. The lowest BCUT2D eigenvalue weighted by Crippen LogP contribution is -2.12. The molecule has 0 saturated heterocycles. The van der Waals surface area contributed by atoms with E-state index in [9.17, 15) is 4.79 Å². The van der Waals surface area contributed by atoms with Crippen molar-refractivity contribution in [2.24, 2.45) is 11.7 Å². The zero-order valence-electron chi connectivity index (χ0n) is 12.8. The molecular formula is C18H21ClN2O2. The van der Waals surface area contributed by atoms with E-state index < -0.39 is 0 Å². The largest absolute Gasteiger partial charge is 0.493 e. The third kappa shape index (κ3) is 4.98. The topological polar surface area (TPSA) is 64.4 Å². The third-order valence-corrected chi connectivity index (χ3v) is 3.75. The van der Waals surface area contributed by atoms with Gasteiger partial charge in [0.15, 0.2) is 0 Å². The first kappa shape index (κ1) is 17.3. The van der Waals surface area contributed by atoms with Gasteiger partial charge in [-0.2, -0.15) is 0 Å². The van der Waals surface area contributed by atoms with Crippen molar-refractivity contribution in [3.05, 3.63) is 59.7 Å². The van der Waals surface area contributed by atoms with Gasteiger partial charge in [-0.3, -0.25) is 4.79 Å². The van der Waals surface area contributed by atoms with Crippen LogP contribution in [-0.2, 0) is 6.54 Å². The summed E-state index contributed by atoms with van der Waals surface area (Å²) in [6, 6.07) is 14.8. The molecule has 1 aliphatic carbocycles. The molecule has 3 rings (SSSR count). The predicted octanol–water partition coefficient (Wildman–Crippen LogP) is 3.61. The summed E-state index contributed by atoms with van der Waals surface area (Å²) in [4.78, 5) is 12.1. The molecule has 23 heavy (non-hydrogen) atoms. The molecule has 2 aromatic carbocycles. The maximum Gasteiger partial charge on any atom is 0.255 e. The van der Waals surface area contributed by atoms with Gasteiger partial charge in [0, 0.05) is 17.8 Å². The van der Waals surface area contributed by atoms with Crippen LogP contribution in [0.5, 0.6) is 5.75 Å². The summed E-state index contributed by atoms with van der Waals surface area (Å²) in [5.41, 5.74) is 7.93. The van der Waals surface area contributed by atoms with E-state index in [1.54, 1.807) is 12.1 Å². The molecule has 0 aliphatic heterocycles. The van der Waals surface area contributed by atoms with E-state index in [0.717, 1.165) is 29.5 Å². The van der Waals surface area contributed by atoms with E-state index in [-0.39, 0.29) is 18.3 Å². The Balaban J connectivity index is 0.00000192. The van der Waals surface area contributed by atoms with Gasteiger partial charge < -0.3 is 15.8 Å². The average Bonchev–Trinajstić information content (AvgIpc) is 3.38. The van der Waals surface area contributed by atoms with E-state index in [4.69, 9.17) is 10.5 Å². The number of carbonyl (C=O) groups is 1. The molecule has 0 heterocycles. The zero-order chi connectivity index (χ0) is 15.4. The lowest BCUT2D eigenvalue weighted by molar-refractivity contribution is 0.102. The molecule has 3 N–H and O–H groups in total. The number of nitrogens with one attached hydrogen (secondary N) is 1. The van der Waals surface area contributed by atoms with Gasteiger partial charge in [-0.25, -0.2) is 0 Å². The highest BCUT2D eigenvalue weighted by Gasteiger charge is 2.21. The minimum Gasteiger partial charge on any atom is -0.493 e. The predicted molar refractivity (Wildman–Crippen MR) is 94.2 cm³/mol. The Morgan fingerprint density at radius 2 is 1.74 bits per heavy atom. The lowest BCUT2D eigenvalue weighted by Gasteiger charge is -2.08. The summed E-state index contributed by atoms with van der Waals surface area (Å²) in [5, 5.41) is 2.87. The molecule has 0 spiro atoms. The van der Waals surface area contributed by atoms with Gasteiger partial charge in [-0.1, -0.05) is 12.1 Å². The summed E-state index contributed by atoms with van der Waals surface area (Å²) in [7, 11) is 0. The Morgan fingerprint density at radius 1 is 1.09 bits per heavy atom. The molecule has 122 valence electrons. The second kappa shape index (κ2) is 7.99. The molecule has 0 unspecified atom stereocenters. The minimum absolute atomic E-state index is 0. The van der Waals surface area contributed by atoms with Crippen LogP contribution >= 0.6 is 12.4 Å². The molecule has 1 fully saturated rings. The molecule has 4 nitrogen and oxygen atoms in total. The van der Waals surface area contributed by atoms with E-state index >= 15 is 0 Å². The first-order valence-electron chi connectivity index (χ1n) is 7.58. The van der Waals surface area contributed by atoms with Crippen molar-refractivity contribution in [1.82, 2.24) is 0 Å². The van der Waals surface area contributed by atoms with Gasteiger partial charge >= 0.3 is 0 Å². The number of anilines is 1. The fourth-order valence-corrected chi connectivity index (χ4v) is 2.13. The number of carbonyl (C=O) groups excluding carboxylic acids is 1. The van der Waals surface area contributed by atoms with Crippen LogP contribution in [0.3, 0.4) is 0 Å². The highest BCUT2D eigenvalue weighted by Crippen LogP contribution is 2.29. The monoisotopic (exact) mass is 332 g/mol. The van der Waals surface area contributed by atoms with Crippen LogP contribution in [0, 0.1) is 5.92 Å². The van der Waals surface area contributed by atoms with Crippen LogP contribution < -0.4 is 15.8 Å². The fraction of sp³-hybridized carbons (Fsp3) is 0.278. The van der Waals surface area contributed by atoms with Gasteiger partial charge in [0.2, 0.25) is 0 Å². The summed E-state index contributed by atoms with van der Waals surface area (Å²) in [6.45, 7) is 1.27. The van der Waals surface area contributed by atoms with Crippen LogP contribution in [0.25, 0.3) is 0 Å². The number of hydrogen-bond donors (Lipinski definition) is 2. The average molecular weight is 333 g/mol. The molecule has 1 aliphatic rings. The summed E-state index contributed by atoms with van der Waals surface area (Å²) in [6.07, 6.45) is 2.55. The quantitative estimate of drug-likeness (QED) is 0.849. The van der Waals surface area contributed by atoms with E-state index in [1.807, 2.05) is 36.4 Å². The van der Waals surface area contributed by atoms with Crippen molar-refractivity contribution in [2.45, 2.75) is 19.4 Å². The van der Waals surface area contributed by atoms with Gasteiger partial charge in [-0.15, -0.1) is 12.4 Å². The summed E-state index contributed by atoms with van der Waals surface area (Å²) >= 11 is 0. The van der Waals surface area contributed by atoms with Gasteiger partial charge in [0.25, 0.3) is 5.91 Å². The van der Waals surface area contributed by atoms with Crippen LogP contribution in [0.15, 0.2) is 48.5 Å². The lowest BCUT2D eigenvalue weighted by atomic mass is 10.1. The van der Waals surface area contributed by atoms with Crippen molar-refractivity contribution in [2.75, 3.05) is 11.9 Å². The molecule has 5 heteroatoms. The summed E-state index contributed by atoms with van der Waals surface area (Å²) < 4.78 is 5.68. The van der Waals surface area contributed by atoms with Gasteiger partial charge in [0.05, 0.1) is 6.61 Å². The van der Waals surface area contributed by atoms with Crippen molar-refractivity contribution in [3.63, 3.8) is 0 Å². The van der Waals surface area contributed by atoms with Crippen LogP contribution in [0.2, 0.25) is 0 Å². The van der Waals surface area contributed by atoms with Crippen LogP contribution in [0.1, 0.15) is 28.8 Å². The SMILES string of the molecule is Cl.NCc1ccc(C(=O)Nc2ccc(OCC3CC3)cc2)cc1. The zero-order valence-corrected chi connectivity index (χ0v) is 13.6. The molecule has 0 atom stereocenters. The van der Waals surface area contributed by atoms with E-state index in [1.165, 1.54) is 12.8 Å². The Labute approximate surface area is 142 Å². The molecule has 0 aromatic heterocycles. The highest BCUT2D eigenvalue weighted by molar-refractivity contribution is 6.04. The molecule has 0 bridgehead atoms. The Kier molecular flexibility index (Phi) is 6.02. The number of benzene rings is 2. The molecule has 2 aromatic rings. The van der Waals surface area contributed by atoms with Crippen molar-refractivity contribution in [3.8, 4) is 5.75 Å². The third-order valence-electron chi connectivity index (χ3n) is 3.75. The molecule has 1 amide bonds.